The predicted molar refractivity (Wildman–Crippen MR) is 52.1 cm³/mol. The molecule has 5 nitrogen and oxygen atoms in total. The maximum Gasteiger partial charge on any atom is 0.438 e. The van der Waals surface area contributed by atoms with Crippen molar-refractivity contribution in [3.63, 3.8) is 0 Å². The van der Waals surface area contributed by atoms with E-state index in [-0.39, 0.29) is 0 Å². The van der Waals surface area contributed by atoms with Crippen LogP contribution in [0.15, 0.2) is 36.0 Å². The van der Waals surface area contributed by atoms with Crippen LogP contribution in [0.2, 0.25) is 0 Å². The second-order valence-electron chi connectivity index (χ2n) is 2.39. The molecule has 6 heteroatoms. The van der Waals surface area contributed by atoms with E-state index in [9.17, 15) is 4.79 Å². The lowest BCUT2D eigenvalue weighted by Gasteiger charge is -2.02. The van der Waals surface area contributed by atoms with Crippen molar-refractivity contribution in [3.05, 3.63) is 36.0 Å². The van der Waals surface area contributed by atoms with Gasteiger partial charge in [0.2, 0.25) is 0 Å². The van der Waals surface area contributed by atoms with E-state index in [0.717, 1.165) is 9.85 Å². The van der Waals surface area contributed by atoms with Gasteiger partial charge in [0.15, 0.2) is 0 Å². The van der Waals surface area contributed by atoms with E-state index in [1.807, 2.05) is 11.4 Å². The monoisotopic (exact) mass is 209 g/mol. The van der Waals surface area contributed by atoms with E-state index in [2.05, 4.69) is 10.4 Å². The third kappa shape index (κ3) is 2.11. The summed E-state index contributed by atoms with van der Waals surface area (Å²) in [7, 11) is 0. The normalized spacial score (nSPS) is 9.71. The SMILES string of the molecule is O=C(Nc1cccs1)On1cccn1. The Kier molecular flexibility index (Phi) is 2.46. The van der Waals surface area contributed by atoms with Crippen LogP contribution in [0.3, 0.4) is 0 Å². The van der Waals surface area contributed by atoms with Crippen LogP contribution < -0.4 is 10.2 Å². The van der Waals surface area contributed by atoms with Gasteiger partial charge in [0, 0.05) is 0 Å². The van der Waals surface area contributed by atoms with Gasteiger partial charge >= 0.3 is 6.09 Å². The van der Waals surface area contributed by atoms with Gasteiger partial charge in [-0.15, -0.1) is 16.4 Å². The zero-order chi connectivity index (χ0) is 9.80. The fraction of sp³-hybridized carbons (Fsp3) is 0. The quantitative estimate of drug-likeness (QED) is 0.817. The molecule has 0 atom stereocenters. The molecule has 0 bridgehead atoms. The standard InChI is InChI=1S/C8H7N3O2S/c12-8(10-7-3-1-6-14-7)13-11-5-2-4-9-11/h1-6H,(H,10,12). The van der Waals surface area contributed by atoms with E-state index in [4.69, 9.17) is 4.84 Å². The molecule has 0 aliphatic rings. The van der Waals surface area contributed by atoms with Gasteiger partial charge in [0.1, 0.15) is 0 Å². The van der Waals surface area contributed by atoms with Crippen molar-refractivity contribution in [1.29, 1.82) is 0 Å². The molecular formula is C8H7N3O2S. The number of carbonyl (C=O) groups excluding carboxylic acids is 1. The minimum atomic E-state index is -0.559. The first-order valence-electron chi connectivity index (χ1n) is 3.87. The summed E-state index contributed by atoms with van der Waals surface area (Å²) in [5, 5.41) is 8.88. The summed E-state index contributed by atoms with van der Waals surface area (Å²) >= 11 is 1.42. The predicted octanol–water partition coefficient (Wildman–Crippen LogP) is 1.61. The highest BCUT2D eigenvalue weighted by Crippen LogP contribution is 2.14. The first kappa shape index (κ1) is 8.76. The summed E-state index contributed by atoms with van der Waals surface area (Å²) in [6, 6.07) is 5.29. The van der Waals surface area contributed by atoms with Crippen molar-refractivity contribution in [2.24, 2.45) is 0 Å². The summed E-state index contributed by atoms with van der Waals surface area (Å²) in [5.41, 5.74) is 0. The van der Waals surface area contributed by atoms with Crippen LogP contribution in [-0.2, 0) is 0 Å². The first-order chi connectivity index (χ1) is 6.84. The lowest BCUT2D eigenvalue weighted by Crippen LogP contribution is -2.24. The molecule has 0 unspecified atom stereocenters. The lowest BCUT2D eigenvalue weighted by atomic mass is 10.6. The van der Waals surface area contributed by atoms with E-state index in [1.54, 1.807) is 12.1 Å². The Morgan fingerprint density at radius 2 is 2.50 bits per heavy atom. The number of thiophene rings is 1. The second kappa shape index (κ2) is 3.93. The zero-order valence-electron chi connectivity index (χ0n) is 7.08. The molecule has 14 heavy (non-hydrogen) atoms. The summed E-state index contributed by atoms with van der Waals surface area (Å²) in [4.78, 5) is 17.1. The molecule has 0 saturated heterocycles. The van der Waals surface area contributed by atoms with Gasteiger partial charge in [-0.05, 0) is 23.6 Å². The molecular weight excluding hydrogens is 202 g/mol. The molecule has 0 spiro atoms. The van der Waals surface area contributed by atoms with E-state index < -0.39 is 6.09 Å². The van der Waals surface area contributed by atoms with Crippen molar-refractivity contribution in [1.82, 2.24) is 9.94 Å². The smallest absolute Gasteiger partial charge is 0.299 e. The highest BCUT2D eigenvalue weighted by Gasteiger charge is 2.04. The fourth-order valence-electron chi connectivity index (χ4n) is 0.867. The number of anilines is 1. The molecule has 0 aliphatic carbocycles. The number of aromatic nitrogens is 2. The van der Waals surface area contributed by atoms with Crippen LogP contribution in [-0.4, -0.2) is 16.0 Å². The highest BCUT2D eigenvalue weighted by molar-refractivity contribution is 7.14. The molecule has 2 rings (SSSR count). The lowest BCUT2D eigenvalue weighted by molar-refractivity contribution is 0.130. The fourth-order valence-corrected chi connectivity index (χ4v) is 1.47. The molecule has 0 fully saturated rings. The summed E-state index contributed by atoms with van der Waals surface area (Å²) < 4.78 is 0. The van der Waals surface area contributed by atoms with Crippen molar-refractivity contribution >= 4 is 22.4 Å². The van der Waals surface area contributed by atoms with Crippen LogP contribution in [0.1, 0.15) is 0 Å². The third-order valence-corrected chi connectivity index (χ3v) is 2.19. The molecule has 0 aromatic carbocycles. The van der Waals surface area contributed by atoms with E-state index >= 15 is 0 Å². The van der Waals surface area contributed by atoms with E-state index in [1.165, 1.54) is 23.7 Å². The van der Waals surface area contributed by atoms with E-state index in [0.29, 0.717) is 0 Å². The maximum atomic E-state index is 11.2. The van der Waals surface area contributed by atoms with Crippen LogP contribution >= 0.6 is 11.3 Å². The van der Waals surface area contributed by atoms with Crippen molar-refractivity contribution < 1.29 is 9.63 Å². The average Bonchev–Trinajstić information content (AvgIpc) is 2.76. The zero-order valence-corrected chi connectivity index (χ0v) is 7.90. The number of carbonyl (C=O) groups is 1. The minimum Gasteiger partial charge on any atom is -0.299 e. The Hall–Kier alpha value is -1.82. The minimum absolute atomic E-state index is 0.559. The Bertz CT molecular complexity index is 358. The Balaban J connectivity index is 1.91. The van der Waals surface area contributed by atoms with Crippen molar-refractivity contribution in [3.8, 4) is 0 Å². The van der Waals surface area contributed by atoms with Gasteiger partial charge in [-0.3, -0.25) is 10.2 Å². The number of hydrogen-bond acceptors (Lipinski definition) is 4. The second-order valence-corrected chi connectivity index (χ2v) is 3.34. The molecule has 1 amide bonds. The van der Waals surface area contributed by atoms with Gasteiger partial charge in [-0.2, -0.15) is 0 Å². The van der Waals surface area contributed by atoms with Crippen LogP contribution in [0.4, 0.5) is 9.80 Å². The molecule has 2 aromatic rings. The number of nitrogens with zero attached hydrogens (tertiary/aromatic N) is 2. The topological polar surface area (TPSA) is 56.1 Å². The number of nitrogens with one attached hydrogen (secondary N) is 1. The van der Waals surface area contributed by atoms with Gasteiger partial charge in [0.25, 0.3) is 0 Å². The molecule has 2 aromatic heterocycles. The molecule has 1 N–H and O–H groups in total. The summed E-state index contributed by atoms with van der Waals surface area (Å²) in [6.07, 6.45) is 2.50. The molecule has 72 valence electrons. The molecule has 0 radical (unpaired) electrons. The maximum absolute atomic E-state index is 11.2. The van der Waals surface area contributed by atoms with Gasteiger partial charge in [-0.25, -0.2) is 4.79 Å². The van der Waals surface area contributed by atoms with Gasteiger partial charge < -0.3 is 0 Å². The largest absolute Gasteiger partial charge is 0.438 e. The molecule has 0 saturated carbocycles. The van der Waals surface area contributed by atoms with Crippen LogP contribution in [0, 0.1) is 0 Å². The third-order valence-electron chi connectivity index (χ3n) is 1.40. The molecule has 2 heterocycles. The van der Waals surface area contributed by atoms with Crippen molar-refractivity contribution in [2.75, 3.05) is 5.32 Å². The van der Waals surface area contributed by atoms with Crippen molar-refractivity contribution in [2.45, 2.75) is 0 Å². The summed E-state index contributed by atoms with van der Waals surface area (Å²) in [6.45, 7) is 0. The van der Waals surface area contributed by atoms with Crippen LogP contribution in [0.5, 0.6) is 0 Å². The average molecular weight is 209 g/mol. The Morgan fingerprint density at radius 3 is 3.14 bits per heavy atom. The van der Waals surface area contributed by atoms with Gasteiger partial charge in [0.05, 0.1) is 17.4 Å². The Labute approximate surface area is 83.9 Å². The number of rotatable bonds is 2. The number of amides is 1. The first-order valence-corrected chi connectivity index (χ1v) is 4.75. The number of hydrogen-bond donors (Lipinski definition) is 1. The Morgan fingerprint density at radius 1 is 1.57 bits per heavy atom. The highest BCUT2D eigenvalue weighted by atomic mass is 32.1. The van der Waals surface area contributed by atoms with Crippen LogP contribution in [0.25, 0.3) is 0 Å². The molecule has 0 aliphatic heterocycles. The summed E-state index contributed by atoms with van der Waals surface area (Å²) in [5.74, 6) is 0. The van der Waals surface area contributed by atoms with Gasteiger partial charge in [-0.1, -0.05) is 4.85 Å².